The summed E-state index contributed by atoms with van der Waals surface area (Å²) in [6, 6.07) is 9.70. The molecule has 0 radical (unpaired) electrons. The van der Waals surface area contributed by atoms with Gasteiger partial charge < -0.3 is 0 Å². The molecule has 2 rings (SSSR count). The molecule has 0 atom stereocenters. The number of pyridine rings is 1. The van der Waals surface area contributed by atoms with E-state index in [4.69, 9.17) is 34.8 Å². The smallest absolute Gasteiger partial charge is 0.196 e. The van der Waals surface area contributed by atoms with E-state index in [2.05, 4.69) is 4.98 Å². The van der Waals surface area contributed by atoms with Crippen LogP contribution in [-0.4, -0.2) is 10.8 Å². The maximum absolute atomic E-state index is 12.1. The molecule has 0 aliphatic carbocycles. The van der Waals surface area contributed by atoms with E-state index in [0.29, 0.717) is 16.1 Å². The van der Waals surface area contributed by atoms with Crippen LogP contribution >= 0.6 is 34.8 Å². The molecule has 2 aromatic rings. The first-order valence-electron chi connectivity index (χ1n) is 4.70. The first-order chi connectivity index (χ1) is 8.08. The predicted octanol–water partition coefficient (Wildman–Crippen LogP) is 4.27. The Morgan fingerprint density at radius 2 is 1.82 bits per heavy atom. The van der Waals surface area contributed by atoms with Crippen molar-refractivity contribution in [1.29, 1.82) is 0 Å². The van der Waals surface area contributed by atoms with Gasteiger partial charge in [-0.05, 0) is 24.3 Å². The molecule has 0 fully saturated rings. The topological polar surface area (TPSA) is 30.0 Å². The summed E-state index contributed by atoms with van der Waals surface area (Å²) >= 11 is 17.3. The summed E-state index contributed by atoms with van der Waals surface area (Å²) in [6.45, 7) is 0. The van der Waals surface area contributed by atoms with E-state index in [1.807, 2.05) is 0 Å². The third-order valence-corrected chi connectivity index (χ3v) is 2.88. The average Bonchev–Trinajstić information content (AvgIpc) is 2.28. The quantitative estimate of drug-likeness (QED) is 0.609. The Labute approximate surface area is 113 Å². The standard InChI is InChI=1S/C12H6Cl3NO/c13-8-3-1-2-7(6-8)11(17)9-4-5-10(14)16-12(9)15/h1-6H. The van der Waals surface area contributed by atoms with Crippen LogP contribution in [0.5, 0.6) is 0 Å². The Morgan fingerprint density at radius 1 is 1.06 bits per heavy atom. The van der Waals surface area contributed by atoms with Gasteiger partial charge in [0.05, 0.1) is 5.56 Å². The second kappa shape index (κ2) is 5.05. The summed E-state index contributed by atoms with van der Waals surface area (Å²) in [6.07, 6.45) is 0. The van der Waals surface area contributed by atoms with Crippen LogP contribution < -0.4 is 0 Å². The van der Waals surface area contributed by atoms with Gasteiger partial charge in [0.25, 0.3) is 0 Å². The van der Waals surface area contributed by atoms with Crippen molar-refractivity contribution < 1.29 is 4.79 Å². The molecule has 0 aliphatic heterocycles. The zero-order valence-electron chi connectivity index (χ0n) is 8.45. The number of carbonyl (C=O) groups is 1. The number of benzene rings is 1. The normalized spacial score (nSPS) is 10.3. The van der Waals surface area contributed by atoms with Gasteiger partial charge in [0.1, 0.15) is 10.3 Å². The monoisotopic (exact) mass is 285 g/mol. The number of nitrogens with zero attached hydrogens (tertiary/aromatic N) is 1. The van der Waals surface area contributed by atoms with Crippen LogP contribution in [0.1, 0.15) is 15.9 Å². The SMILES string of the molecule is O=C(c1cccc(Cl)c1)c1ccc(Cl)nc1Cl. The molecule has 0 spiro atoms. The molecular formula is C12H6Cl3NO. The molecule has 0 saturated heterocycles. The van der Waals surface area contributed by atoms with E-state index in [1.54, 1.807) is 30.3 Å². The van der Waals surface area contributed by atoms with E-state index >= 15 is 0 Å². The van der Waals surface area contributed by atoms with Crippen LogP contribution in [0.4, 0.5) is 0 Å². The van der Waals surface area contributed by atoms with Crippen molar-refractivity contribution in [3.05, 3.63) is 62.9 Å². The van der Waals surface area contributed by atoms with Crippen molar-refractivity contribution >= 4 is 40.6 Å². The molecule has 5 heteroatoms. The lowest BCUT2D eigenvalue weighted by Gasteiger charge is -2.03. The van der Waals surface area contributed by atoms with Crippen molar-refractivity contribution in [3.63, 3.8) is 0 Å². The van der Waals surface area contributed by atoms with Crippen molar-refractivity contribution in [2.75, 3.05) is 0 Å². The van der Waals surface area contributed by atoms with Crippen LogP contribution in [-0.2, 0) is 0 Å². The lowest BCUT2D eigenvalue weighted by atomic mass is 10.1. The highest BCUT2D eigenvalue weighted by molar-refractivity contribution is 6.36. The predicted molar refractivity (Wildman–Crippen MR) is 69.1 cm³/mol. The fourth-order valence-electron chi connectivity index (χ4n) is 1.37. The molecule has 0 unspecified atom stereocenters. The molecule has 0 bridgehead atoms. The minimum atomic E-state index is -0.235. The number of carbonyl (C=O) groups excluding carboxylic acids is 1. The molecule has 0 saturated carbocycles. The fraction of sp³-hybridized carbons (Fsp3) is 0. The van der Waals surface area contributed by atoms with E-state index in [-0.39, 0.29) is 16.1 Å². The van der Waals surface area contributed by atoms with E-state index < -0.39 is 0 Å². The summed E-state index contributed by atoms with van der Waals surface area (Å²) in [5, 5.41) is 0.828. The van der Waals surface area contributed by atoms with Crippen molar-refractivity contribution in [2.45, 2.75) is 0 Å². The Hall–Kier alpha value is -1.09. The van der Waals surface area contributed by atoms with E-state index in [9.17, 15) is 4.79 Å². The number of rotatable bonds is 2. The van der Waals surface area contributed by atoms with Crippen molar-refractivity contribution in [3.8, 4) is 0 Å². The molecule has 1 heterocycles. The van der Waals surface area contributed by atoms with Crippen LogP contribution in [0.25, 0.3) is 0 Å². The minimum absolute atomic E-state index is 0.0856. The fourth-order valence-corrected chi connectivity index (χ4v) is 1.99. The largest absolute Gasteiger partial charge is 0.288 e. The maximum Gasteiger partial charge on any atom is 0.196 e. The van der Waals surface area contributed by atoms with Crippen LogP contribution in [0.2, 0.25) is 15.3 Å². The molecule has 0 aliphatic rings. The Morgan fingerprint density at radius 3 is 2.47 bits per heavy atom. The molecular weight excluding hydrogens is 280 g/mol. The summed E-state index contributed by atoms with van der Waals surface area (Å²) in [5.74, 6) is -0.235. The molecule has 17 heavy (non-hydrogen) atoms. The van der Waals surface area contributed by atoms with Crippen molar-refractivity contribution in [2.24, 2.45) is 0 Å². The van der Waals surface area contributed by atoms with Gasteiger partial charge in [-0.3, -0.25) is 4.79 Å². The first-order valence-corrected chi connectivity index (χ1v) is 5.83. The number of hydrogen-bond acceptors (Lipinski definition) is 2. The number of aromatic nitrogens is 1. The summed E-state index contributed by atoms with van der Waals surface area (Å²) in [5.41, 5.74) is 0.766. The highest BCUT2D eigenvalue weighted by Crippen LogP contribution is 2.21. The second-order valence-corrected chi connectivity index (χ2v) is 4.49. The molecule has 0 amide bonds. The highest BCUT2D eigenvalue weighted by atomic mass is 35.5. The molecule has 0 N–H and O–H groups in total. The minimum Gasteiger partial charge on any atom is -0.288 e. The van der Waals surface area contributed by atoms with Gasteiger partial charge in [-0.25, -0.2) is 4.98 Å². The van der Waals surface area contributed by atoms with Gasteiger partial charge >= 0.3 is 0 Å². The molecule has 1 aromatic carbocycles. The maximum atomic E-state index is 12.1. The number of hydrogen-bond donors (Lipinski definition) is 0. The van der Waals surface area contributed by atoms with Gasteiger partial charge in [0.15, 0.2) is 5.78 Å². The molecule has 86 valence electrons. The van der Waals surface area contributed by atoms with Crippen LogP contribution in [0.15, 0.2) is 36.4 Å². The van der Waals surface area contributed by atoms with Crippen LogP contribution in [0.3, 0.4) is 0 Å². The van der Waals surface area contributed by atoms with Gasteiger partial charge in [-0.2, -0.15) is 0 Å². The van der Waals surface area contributed by atoms with Gasteiger partial charge in [-0.1, -0.05) is 46.9 Å². The van der Waals surface area contributed by atoms with E-state index in [0.717, 1.165) is 0 Å². The number of ketones is 1. The second-order valence-electron chi connectivity index (χ2n) is 3.31. The lowest BCUT2D eigenvalue weighted by Crippen LogP contribution is -2.03. The summed E-state index contributed by atoms with van der Waals surface area (Å²) in [4.78, 5) is 15.9. The first kappa shape index (κ1) is 12.4. The zero-order chi connectivity index (χ0) is 12.4. The average molecular weight is 287 g/mol. The summed E-state index contributed by atoms with van der Waals surface area (Å²) < 4.78 is 0. The van der Waals surface area contributed by atoms with Gasteiger partial charge in [-0.15, -0.1) is 0 Å². The molecule has 2 nitrogen and oxygen atoms in total. The zero-order valence-corrected chi connectivity index (χ0v) is 10.7. The lowest BCUT2D eigenvalue weighted by molar-refractivity contribution is 0.103. The van der Waals surface area contributed by atoms with Crippen LogP contribution in [0, 0.1) is 0 Å². The molecule has 1 aromatic heterocycles. The third kappa shape index (κ3) is 2.78. The Kier molecular flexibility index (Phi) is 3.67. The van der Waals surface area contributed by atoms with Gasteiger partial charge in [0.2, 0.25) is 0 Å². The highest BCUT2D eigenvalue weighted by Gasteiger charge is 2.14. The van der Waals surface area contributed by atoms with E-state index in [1.165, 1.54) is 6.07 Å². The Bertz CT molecular complexity index is 584. The van der Waals surface area contributed by atoms with Gasteiger partial charge in [0, 0.05) is 10.6 Å². The van der Waals surface area contributed by atoms with Crippen molar-refractivity contribution in [1.82, 2.24) is 4.98 Å². The summed E-state index contributed by atoms with van der Waals surface area (Å²) in [7, 11) is 0. The Balaban J connectivity index is 2.44. The number of halogens is 3. The third-order valence-electron chi connectivity index (χ3n) is 2.15.